The summed E-state index contributed by atoms with van der Waals surface area (Å²) >= 11 is 0. The zero-order valence-electron chi connectivity index (χ0n) is 12.8. The molecule has 4 heterocycles. The van der Waals surface area contributed by atoms with Crippen LogP contribution in [0.25, 0.3) is 5.82 Å². The molecule has 132 valence electrons. The van der Waals surface area contributed by atoms with Crippen LogP contribution in [0.5, 0.6) is 0 Å². The van der Waals surface area contributed by atoms with Crippen LogP contribution >= 0.6 is 0 Å². The third-order valence-corrected chi connectivity index (χ3v) is 4.54. The van der Waals surface area contributed by atoms with Gasteiger partial charge in [-0.1, -0.05) is 6.07 Å². The number of aromatic nitrogens is 3. The van der Waals surface area contributed by atoms with E-state index in [0.717, 1.165) is 0 Å². The van der Waals surface area contributed by atoms with Crippen molar-refractivity contribution in [2.45, 2.75) is 12.1 Å². The number of nitrogens with two attached hydrogens (primary N) is 1. The van der Waals surface area contributed by atoms with E-state index >= 15 is 0 Å². The van der Waals surface area contributed by atoms with E-state index in [1.807, 2.05) is 0 Å². The van der Waals surface area contributed by atoms with Crippen LogP contribution in [-0.4, -0.2) is 56.8 Å². The van der Waals surface area contributed by atoms with Crippen molar-refractivity contribution in [3.63, 3.8) is 0 Å². The van der Waals surface area contributed by atoms with Gasteiger partial charge in [-0.05, 0) is 12.1 Å². The summed E-state index contributed by atoms with van der Waals surface area (Å²) in [7, 11) is -4.84. The van der Waals surface area contributed by atoms with E-state index in [0.29, 0.717) is 22.1 Å². The third kappa shape index (κ3) is 2.55. The first-order chi connectivity index (χ1) is 11.9. The molecule has 0 saturated carbocycles. The molecule has 2 aromatic rings. The second-order valence-electron chi connectivity index (χ2n) is 5.63. The molecule has 1 unspecified atom stereocenters. The Kier molecular flexibility index (Phi) is 3.50. The maximum absolute atomic E-state index is 12.4. The van der Waals surface area contributed by atoms with Gasteiger partial charge in [-0.25, -0.2) is 14.5 Å². The van der Waals surface area contributed by atoms with Crippen molar-refractivity contribution in [2.75, 3.05) is 13.1 Å². The molecule has 12 heteroatoms. The summed E-state index contributed by atoms with van der Waals surface area (Å²) in [5, 5.41) is 5.10. The predicted molar refractivity (Wildman–Crippen MR) is 82.5 cm³/mol. The van der Waals surface area contributed by atoms with Gasteiger partial charge in [-0.15, -0.1) is 4.28 Å². The second-order valence-corrected chi connectivity index (χ2v) is 6.64. The van der Waals surface area contributed by atoms with Crippen molar-refractivity contribution in [3.8, 4) is 5.82 Å². The van der Waals surface area contributed by atoms with Crippen molar-refractivity contribution in [2.24, 2.45) is 5.73 Å². The highest BCUT2D eigenvalue weighted by atomic mass is 32.3. The van der Waals surface area contributed by atoms with Gasteiger partial charge in [0, 0.05) is 24.5 Å². The molecule has 25 heavy (non-hydrogen) atoms. The Labute approximate surface area is 142 Å². The number of hydroxylamine groups is 2. The molecule has 0 radical (unpaired) electrons. The first-order valence-electron chi connectivity index (χ1n) is 7.37. The zero-order valence-corrected chi connectivity index (χ0v) is 13.6. The highest BCUT2D eigenvalue weighted by Crippen LogP contribution is 2.43. The van der Waals surface area contributed by atoms with Crippen LogP contribution in [-0.2, 0) is 14.7 Å². The molecule has 11 nitrogen and oxygen atoms in total. The molecule has 3 N–H and O–H groups in total. The van der Waals surface area contributed by atoms with Crippen molar-refractivity contribution < 1.29 is 22.0 Å². The predicted octanol–water partition coefficient (Wildman–Crippen LogP) is -0.206. The van der Waals surface area contributed by atoms with Crippen LogP contribution in [0.4, 0.5) is 4.79 Å². The quantitative estimate of drug-likeness (QED) is 0.708. The highest BCUT2D eigenvalue weighted by molar-refractivity contribution is 7.80. The fourth-order valence-corrected chi connectivity index (χ4v) is 3.55. The van der Waals surface area contributed by atoms with Gasteiger partial charge in [0.25, 0.3) is 0 Å². The fourth-order valence-electron chi connectivity index (χ4n) is 3.18. The molecule has 2 amide bonds. The lowest BCUT2D eigenvalue weighted by molar-refractivity contribution is -0.0317. The number of hydrogen-bond acceptors (Lipinski definition) is 7. The van der Waals surface area contributed by atoms with E-state index in [2.05, 4.69) is 14.4 Å². The Morgan fingerprint density at radius 2 is 2.20 bits per heavy atom. The van der Waals surface area contributed by atoms with Gasteiger partial charge in [0.1, 0.15) is 6.04 Å². The average molecular weight is 366 g/mol. The SMILES string of the molecule is NCC1c2nn(-c3ccccn3)cc2[C@H]2CN1C(=O)N2OS(=O)(=O)O. The Morgan fingerprint density at radius 1 is 1.40 bits per heavy atom. The van der Waals surface area contributed by atoms with Crippen molar-refractivity contribution in [1.29, 1.82) is 0 Å². The molecule has 1 fully saturated rings. The summed E-state index contributed by atoms with van der Waals surface area (Å²) in [6.45, 7) is 0.279. The lowest BCUT2D eigenvalue weighted by Gasteiger charge is -2.28. The molecular weight excluding hydrogens is 352 g/mol. The molecule has 2 atom stereocenters. The van der Waals surface area contributed by atoms with Gasteiger partial charge in [-0.3, -0.25) is 4.55 Å². The molecule has 1 saturated heterocycles. The minimum absolute atomic E-state index is 0.102. The van der Waals surface area contributed by atoms with Gasteiger partial charge in [0.2, 0.25) is 0 Å². The number of fused-ring (bicyclic) bond motifs is 4. The summed E-state index contributed by atoms with van der Waals surface area (Å²) in [5.41, 5.74) is 6.93. The van der Waals surface area contributed by atoms with Crippen LogP contribution in [0, 0.1) is 0 Å². The lowest BCUT2D eigenvalue weighted by Crippen LogP contribution is -2.38. The van der Waals surface area contributed by atoms with Gasteiger partial charge in [0.15, 0.2) is 5.82 Å². The minimum atomic E-state index is -4.84. The molecule has 2 aromatic heterocycles. The number of amides is 2. The monoisotopic (exact) mass is 366 g/mol. The molecular formula is C13H14N6O5S. The van der Waals surface area contributed by atoms with Crippen LogP contribution in [0.3, 0.4) is 0 Å². The molecule has 0 spiro atoms. The molecule has 4 rings (SSSR count). The summed E-state index contributed by atoms with van der Waals surface area (Å²) in [6.07, 6.45) is 3.27. The second kappa shape index (κ2) is 5.49. The highest BCUT2D eigenvalue weighted by Gasteiger charge is 2.51. The average Bonchev–Trinajstić information content (AvgIpc) is 3.12. The van der Waals surface area contributed by atoms with Gasteiger partial charge < -0.3 is 10.6 Å². The first kappa shape index (κ1) is 16.0. The minimum Gasteiger partial charge on any atom is -0.328 e. The zero-order chi connectivity index (χ0) is 17.8. The lowest BCUT2D eigenvalue weighted by atomic mass is 9.98. The van der Waals surface area contributed by atoms with Gasteiger partial charge in [0.05, 0.1) is 18.3 Å². The van der Waals surface area contributed by atoms with E-state index < -0.39 is 28.5 Å². The molecule has 0 aliphatic carbocycles. The molecule has 2 aliphatic heterocycles. The van der Waals surface area contributed by atoms with Crippen LogP contribution < -0.4 is 5.73 Å². The Hall–Kier alpha value is -2.54. The third-order valence-electron chi connectivity index (χ3n) is 4.19. The standard InChI is InChI=1S/C13H14N6O5S/c14-5-9-12-8(6-18(16-12)11-3-1-2-4-15-11)10-7-17(9)13(20)19(10)24-25(21,22)23/h1-4,6,9-10H,5,7,14H2,(H,21,22,23)/t9?,10-/m1/s1. The van der Waals surface area contributed by atoms with E-state index in [1.54, 1.807) is 30.6 Å². The van der Waals surface area contributed by atoms with Gasteiger partial charge >= 0.3 is 16.4 Å². The van der Waals surface area contributed by atoms with Crippen molar-refractivity contribution in [1.82, 2.24) is 24.7 Å². The topological polar surface area (TPSA) is 144 Å². The molecule has 2 bridgehead atoms. The van der Waals surface area contributed by atoms with E-state index in [4.69, 9.17) is 10.3 Å². The van der Waals surface area contributed by atoms with Gasteiger partial charge in [-0.2, -0.15) is 18.6 Å². The number of carbonyl (C=O) groups is 1. The maximum Gasteiger partial charge on any atom is 0.418 e. The van der Waals surface area contributed by atoms with Crippen LogP contribution in [0.15, 0.2) is 30.6 Å². The van der Waals surface area contributed by atoms with Crippen molar-refractivity contribution >= 4 is 16.4 Å². The normalized spacial score (nSPS) is 22.4. The smallest absolute Gasteiger partial charge is 0.328 e. The number of hydrogen-bond donors (Lipinski definition) is 2. The largest absolute Gasteiger partial charge is 0.418 e. The fraction of sp³-hybridized carbons (Fsp3) is 0.308. The van der Waals surface area contributed by atoms with Crippen LogP contribution in [0.2, 0.25) is 0 Å². The number of nitrogens with zero attached hydrogens (tertiary/aromatic N) is 5. The number of pyridine rings is 1. The summed E-state index contributed by atoms with van der Waals surface area (Å²) in [6, 6.07) is 3.37. The first-order valence-corrected chi connectivity index (χ1v) is 8.73. The summed E-state index contributed by atoms with van der Waals surface area (Å²) < 4.78 is 37.1. The molecule has 0 aromatic carbocycles. The molecule has 2 aliphatic rings. The Morgan fingerprint density at radius 3 is 2.84 bits per heavy atom. The van der Waals surface area contributed by atoms with Crippen LogP contribution in [0.1, 0.15) is 23.3 Å². The number of rotatable bonds is 4. The number of urea groups is 1. The Bertz CT molecular complexity index is 930. The summed E-state index contributed by atoms with van der Waals surface area (Å²) in [4.78, 5) is 18.0. The van der Waals surface area contributed by atoms with E-state index in [-0.39, 0.29) is 13.1 Å². The van der Waals surface area contributed by atoms with E-state index in [1.165, 1.54) is 9.58 Å². The van der Waals surface area contributed by atoms with E-state index in [9.17, 15) is 13.2 Å². The van der Waals surface area contributed by atoms with Crippen molar-refractivity contribution in [3.05, 3.63) is 41.9 Å². The summed E-state index contributed by atoms with van der Waals surface area (Å²) in [5.74, 6) is 0.562. The number of carbonyl (C=O) groups excluding carboxylic acids is 1. The Balaban J connectivity index is 1.80. The maximum atomic E-state index is 12.4.